The standard InChI is InChI=1S/C19H25NO6.K.29H/c1-24-17(22)10-15(21)13-7-8-14-16(9-13)26-18(20-14)11-3-5-12(6-4-11)19(23)25-2;;;;;;;;;;;;;;;;;;;;;;;;;;;;;;/h11-13H,3-10H2,1-2H3;;;;;;;;;;;;;;;;;;;;;;;;;;;;;;/q;+1;29*-1/i;;29*1+2. The van der Waals surface area contributed by atoms with Crippen LogP contribution in [0.15, 0.2) is 4.42 Å². The fourth-order valence-electron chi connectivity index (χ4n) is 3.95. The summed E-state index contributed by atoms with van der Waals surface area (Å²) in [6, 6.07) is 0. The Hall–Kier alpha value is -0.544. The van der Waals surface area contributed by atoms with E-state index in [0.29, 0.717) is 19.3 Å². The molecule has 1 heterocycles. The van der Waals surface area contributed by atoms with Gasteiger partial charge in [-0.15, -0.1) is 0 Å². The number of carbonyl (C=O) groups is 3. The average molecular weight is 490 g/mol. The number of oxazole rings is 1. The predicted molar refractivity (Wildman–Crippen MR) is 123 cm³/mol. The van der Waals surface area contributed by atoms with Crippen molar-refractivity contribution in [3.05, 3.63) is 17.3 Å². The first kappa shape index (κ1) is 22.7. The Kier molecular flexibility index (Phi) is 8.67. The number of Topliss-reactive ketones (excluding diaryl/α,β-unsaturated/α-hetero) is 1. The Morgan fingerprint density at radius 3 is 2.41 bits per heavy atom. The second-order valence-electron chi connectivity index (χ2n) is 7.15. The third-order valence-electron chi connectivity index (χ3n) is 5.57. The quantitative estimate of drug-likeness (QED) is 0.356. The zero-order valence-corrected chi connectivity index (χ0v) is 19.4. The third kappa shape index (κ3) is 5.50. The molecule has 3 rings (SSSR count). The van der Waals surface area contributed by atoms with Crippen LogP contribution in [0.4, 0.5) is 0 Å². The molecule has 0 saturated heterocycles. The minimum absolute atomic E-state index is 0. The van der Waals surface area contributed by atoms with Gasteiger partial charge < -0.3 is 55.3 Å². The first-order valence-electron chi connectivity index (χ1n) is 9.17. The van der Waals surface area contributed by atoms with Gasteiger partial charge in [0.1, 0.15) is 18.0 Å². The van der Waals surface area contributed by atoms with Crippen molar-refractivity contribution in [2.45, 2.75) is 57.3 Å². The molecule has 1 fully saturated rings. The summed E-state index contributed by atoms with van der Waals surface area (Å²) in [5.74, 6) is 0.732. The van der Waals surface area contributed by atoms with Gasteiger partial charge in [-0.2, -0.15) is 0 Å². The number of esters is 2. The molecule has 0 radical (unpaired) electrons. The number of hydrogen-bond acceptors (Lipinski definition) is 7. The summed E-state index contributed by atoms with van der Waals surface area (Å²) >= 11 is 0. The SMILES string of the molecule is COC(=O)CC(=O)C1CCc2nc(C3CCC(C(=O)OC)CC3)oc2C1.[3H-].[3H-].[3H-].[3H-].[3H-].[3H-].[3H-].[3H-].[3H-].[3H-].[3H-].[3H-].[3H-].[3H-].[3H-].[3H-].[3H-].[3H-].[3H-].[3H-].[3H-].[3H-].[3H-].[3H-].[3H-].[3H-].[3H-].[3H-].[3H-].[K+]. The van der Waals surface area contributed by atoms with Gasteiger partial charge in [-0.05, 0) is 38.5 Å². The molecule has 8 heteroatoms. The molecule has 200 valence electrons. The van der Waals surface area contributed by atoms with Crippen molar-refractivity contribution in [3.8, 4) is 0 Å². The normalized spacial score (nSPS) is 24.3. The molecule has 7 nitrogen and oxygen atoms in total. The molecule has 27 heavy (non-hydrogen) atoms. The first-order chi connectivity index (χ1) is 12.5. The van der Waals surface area contributed by atoms with Crippen LogP contribution in [0.2, 0.25) is 0 Å². The van der Waals surface area contributed by atoms with E-state index in [9.17, 15) is 14.4 Å². The second kappa shape index (κ2) is 10.3. The van der Waals surface area contributed by atoms with Gasteiger partial charge in [0.25, 0.3) is 0 Å². The average Bonchev–Trinajstić information content (AvgIpc) is 3.10. The molecular weight excluding hydrogens is 377 g/mol. The van der Waals surface area contributed by atoms with Crippen molar-refractivity contribution in [2.75, 3.05) is 14.2 Å². The Morgan fingerprint density at radius 2 is 1.78 bits per heavy atom. The zero-order valence-electron chi connectivity index (χ0n) is 45.3. The number of hydrogen-bond donors (Lipinski definition) is 0. The number of carbonyl (C=O) groups excluding carboxylic acids is 3. The molecule has 0 spiro atoms. The first-order valence-corrected chi connectivity index (χ1v) is 9.17. The van der Waals surface area contributed by atoms with Gasteiger partial charge in [0.15, 0.2) is 5.89 Å². The van der Waals surface area contributed by atoms with Crippen LogP contribution in [-0.4, -0.2) is 36.9 Å². The van der Waals surface area contributed by atoms with E-state index in [1.165, 1.54) is 14.2 Å². The molecule has 2 aliphatic rings. The number of fused-ring (bicyclic) bond motifs is 1. The molecule has 1 saturated carbocycles. The van der Waals surface area contributed by atoms with Crippen LogP contribution in [0.1, 0.15) is 103 Å². The molecule has 1 unspecified atom stereocenters. The molecule has 0 bridgehead atoms. The Morgan fingerprint density at radius 1 is 1.07 bits per heavy atom. The summed E-state index contributed by atoms with van der Waals surface area (Å²) in [7, 11) is 2.71. The van der Waals surface area contributed by atoms with E-state index < -0.39 is 5.97 Å². The summed E-state index contributed by atoms with van der Waals surface area (Å²) < 4.78 is 15.4. The number of rotatable bonds is 5. The second-order valence-corrected chi connectivity index (χ2v) is 7.15. The molecule has 1 aromatic heterocycles. The zero-order chi connectivity index (χ0) is 18.7. The van der Waals surface area contributed by atoms with Crippen LogP contribution in [0, 0.1) is 11.8 Å². The van der Waals surface area contributed by atoms with Crippen LogP contribution in [0.3, 0.4) is 0 Å². The minimum atomic E-state index is -0.499. The van der Waals surface area contributed by atoms with Gasteiger partial charge in [0, 0.05) is 18.3 Å². The Labute approximate surface area is 244 Å². The van der Waals surface area contributed by atoms with Crippen molar-refractivity contribution in [1.82, 2.24) is 4.98 Å². The molecule has 0 N–H and O–H groups in total. The maximum atomic E-state index is 12.2. The number of aromatic nitrogens is 1. The molecule has 1 aromatic rings. The fourth-order valence-corrected chi connectivity index (χ4v) is 3.95. The summed E-state index contributed by atoms with van der Waals surface area (Å²) in [5.41, 5.74) is 0.928. The monoisotopic (exact) mass is 490 g/mol. The predicted octanol–water partition coefficient (Wildman–Crippen LogP) is 2.63. The Bertz CT molecular complexity index is 748. The van der Waals surface area contributed by atoms with E-state index in [2.05, 4.69) is 9.72 Å². The molecule has 0 aromatic carbocycles. The van der Waals surface area contributed by atoms with Crippen molar-refractivity contribution in [1.29, 1.82) is 0 Å². The third-order valence-corrected chi connectivity index (χ3v) is 5.57. The maximum absolute atomic E-state index is 12.2. The molecule has 0 amide bonds. The number of ether oxygens (including phenoxy) is 2. The summed E-state index contributed by atoms with van der Waals surface area (Å²) in [5, 5.41) is 0. The van der Waals surface area contributed by atoms with Crippen LogP contribution in [0.5, 0.6) is 0 Å². The van der Waals surface area contributed by atoms with Crippen LogP contribution < -0.4 is 51.4 Å². The van der Waals surface area contributed by atoms with E-state index in [0.717, 1.165) is 43.0 Å². The summed E-state index contributed by atoms with van der Waals surface area (Å²) in [4.78, 5) is 39.8. The topological polar surface area (TPSA) is 95.7 Å². The van der Waals surface area contributed by atoms with Gasteiger partial charge in [-0.3, -0.25) is 14.4 Å². The van der Waals surface area contributed by atoms with E-state index >= 15 is 0 Å². The summed E-state index contributed by atoms with van der Waals surface area (Å²) in [6.45, 7) is 0. The van der Waals surface area contributed by atoms with Gasteiger partial charge in [-0.1, -0.05) is 0 Å². The smallest absolute Gasteiger partial charge is 1.00 e. The minimum Gasteiger partial charge on any atom is -1.00 e. The number of ketones is 1. The largest absolute Gasteiger partial charge is 1.00 e. The van der Waals surface area contributed by atoms with Gasteiger partial charge >= 0.3 is 63.3 Å². The van der Waals surface area contributed by atoms with E-state index in [-0.39, 0.29) is 129 Å². The number of aryl methyl sites for hydroxylation is 1. The Balaban J connectivity index is -0.0000000101. The van der Waals surface area contributed by atoms with Gasteiger partial charge in [-0.25, -0.2) is 4.98 Å². The fraction of sp³-hybridized carbons (Fsp3) is 0.684. The molecule has 2 aliphatic carbocycles. The van der Waals surface area contributed by atoms with Crippen LogP contribution in [0.25, 0.3) is 0 Å². The van der Waals surface area contributed by atoms with Gasteiger partial charge in [0.2, 0.25) is 0 Å². The molecule has 0 aliphatic heterocycles. The molecular formula is C19H54KNO6-28. The van der Waals surface area contributed by atoms with Crippen LogP contribution in [-0.2, 0) is 36.7 Å². The van der Waals surface area contributed by atoms with Crippen molar-refractivity contribution in [3.63, 3.8) is 0 Å². The number of nitrogens with zero attached hydrogens (tertiary/aromatic N) is 1. The van der Waals surface area contributed by atoms with Crippen molar-refractivity contribution < 1.29 is 121 Å². The van der Waals surface area contributed by atoms with Crippen molar-refractivity contribution in [2.24, 2.45) is 11.8 Å². The van der Waals surface area contributed by atoms with E-state index in [1.54, 1.807) is 0 Å². The number of methoxy groups -OCH3 is 2. The van der Waals surface area contributed by atoms with E-state index in [1.807, 2.05) is 0 Å². The van der Waals surface area contributed by atoms with Crippen molar-refractivity contribution >= 4 is 17.7 Å². The maximum Gasteiger partial charge on any atom is 1.00 e. The van der Waals surface area contributed by atoms with E-state index in [4.69, 9.17) is 9.15 Å². The molecule has 1 atom stereocenters. The van der Waals surface area contributed by atoms with Crippen LogP contribution >= 0.6 is 0 Å². The summed E-state index contributed by atoms with van der Waals surface area (Å²) in [6.07, 6.45) is 4.95. The van der Waals surface area contributed by atoms with Gasteiger partial charge in [0.05, 0.1) is 25.8 Å².